The Morgan fingerprint density at radius 3 is 3.06 bits per heavy atom. The van der Waals surface area contributed by atoms with Crippen LogP contribution in [0.3, 0.4) is 0 Å². The van der Waals surface area contributed by atoms with Gasteiger partial charge in [0.25, 0.3) is 0 Å². The van der Waals surface area contributed by atoms with E-state index in [0.29, 0.717) is 17.2 Å². The average Bonchev–Trinajstić information content (AvgIpc) is 2.84. The van der Waals surface area contributed by atoms with Crippen molar-refractivity contribution >= 4 is 27.6 Å². The summed E-state index contributed by atoms with van der Waals surface area (Å²) < 4.78 is 0. The molecule has 0 amide bonds. The predicted octanol–water partition coefficient (Wildman–Crippen LogP) is 0.982. The highest BCUT2D eigenvalue weighted by atomic mass is 32.1. The number of imidazole rings is 1. The van der Waals surface area contributed by atoms with Crippen LogP contribution in [-0.4, -0.2) is 24.9 Å². The average molecular weight is 232 g/mol. The van der Waals surface area contributed by atoms with E-state index in [1.807, 2.05) is 5.38 Å². The second kappa shape index (κ2) is 3.53. The van der Waals surface area contributed by atoms with E-state index in [9.17, 15) is 0 Å². The molecule has 3 rings (SSSR count). The molecule has 0 spiro atoms. The minimum Gasteiger partial charge on any atom is -0.375 e. The summed E-state index contributed by atoms with van der Waals surface area (Å²) in [6, 6.07) is 0. The first-order valence-corrected chi connectivity index (χ1v) is 5.54. The summed E-state index contributed by atoms with van der Waals surface area (Å²) in [5, 5.41) is 2.50. The first kappa shape index (κ1) is 9.22. The van der Waals surface area contributed by atoms with Crippen molar-refractivity contribution in [1.29, 1.82) is 0 Å². The van der Waals surface area contributed by atoms with Crippen molar-refractivity contribution in [1.82, 2.24) is 24.9 Å². The van der Waals surface area contributed by atoms with Crippen LogP contribution in [0, 0.1) is 0 Å². The number of H-pyrrole nitrogens is 1. The van der Waals surface area contributed by atoms with E-state index in [2.05, 4.69) is 24.9 Å². The Morgan fingerprint density at radius 1 is 1.38 bits per heavy atom. The van der Waals surface area contributed by atoms with Crippen LogP contribution in [0.5, 0.6) is 0 Å². The third-order valence-electron chi connectivity index (χ3n) is 2.13. The standard InChI is InChI=1S/C9H8N6S/c10-9-13-5(3-16-9)1-7-14-6-2-11-4-12-8(6)15-7/h2-4H,1H2,(H2,10,13)(H,11,12,14,15). The van der Waals surface area contributed by atoms with Gasteiger partial charge in [0, 0.05) is 11.8 Å². The number of rotatable bonds is 2. The summed E-state index contributed by atoms with van der Waals surface area (Å²) in [6.45, 7) is 0. The number of aromatic amines is 1. The van der Waals surface area contributed by atoms with Crippen molar-refractivity contribution in [3.63, 3.8) is 0 Å². The molecule has 0 unspecified atom stereocenters. The van der Waals surface area contributed by atoms with Crippen LogP contribution in [0.2, 0.25) is 0 Å². The topological polar surface area (TPSA) is 93.4 Å². The fraction of sp³-hybridized carbons (Fsp3) is 0.111. The van der Waals surface area contributed by atoms with Gasteiger partial charge in [-0.25, -0.2) is 19.9 Å². The van der Waals surface area contributed by atoms with E-state index in [4.69, 9.17) is 5.73 Å². The number of nitrogens with zero attached hydrogens (tertiary/aromatic N) is 4. The van der Waals surface area contributed by atoms with Crippen molar-refractivity contribution in [2.75, 3.05) is 5.73 Å². The summed E-state index contributed by atoms with van der Waals surface area (Å²) in [7, 11) is 0. The van der Waals surface area contributed by atoms with Crippen molar-refractivity contribution in [2.24, 2.45) is 0 Å². The number of anilines is 1. The zero-order chi connectivity index (χ0) is 11.0. The van der Waals surface area contributed by atoms with Gasteiger partial charge in [-0.05, 0) is 0 Å². The monoisotopic (exact) mass is 232 g/mol. The van der Waals surface area contributed by atoms with Gasteiger partial charge in [0.05, 0.1) is 11.9 Å². The Kier molecular flexibility index (Phi) is 2.03. The Hall–Kier alpha value is -2.02. The van der Waals surface area contributed by atoms with Crippen molar-refractivity contribution in [3.05, 3.63) is 29.4 Å². The molecule has 80 valence electrons. The van der Waals surface area contributed by atoms with Crippen LogP contribution >= 0.6 is 11.3 Å². The van der Waals surface area contributed by atoms with E-state index in [1.165, 1.54) is 17.7 Å². The van der Waals surface area contributed by atoms with Crippen molar-refractivity contribution < 1.29 is 0 Å². The molecule has 0 aromatic carbocycles. The fourth-order valence-electron chi connectivity index (χ4n) is 1.47. The van der Waals surface area contributed by atoms with E-state index in [1.54, 1.807) is 6.20 Å². The summed E-state index contributed by atoms with van der Waals surface area (Å²) >= 11 is 1.43. The minimum atomic E-state index is 0.575. The molecule has 0 saturated heterocycles. The highest BCUT2D eigenvalue weighted by Crippen LogP contribution is 2.15. The second-order valence-electron chi connectivity index (χ2n) is 3.30. The normalized spacial score (nSPS) is 11.0. The van der Waals surface area contributed by atoms with Crippen LogP contribution in [0.25, 0.3) is 11.2 Å². The summed E-state index contributed by atoms with van der Waals surface area (Å²) in [6.07, 6.45) is 3.81. The Labute approximate surface area is 94.6 Å². The Bertz CT molecular complexity index is 595. The van der Waals surface area contributed by atoms with Gasteiger partial charge in [-0.2, -0.15) is 0 Å². The molecule has 0 aliphatic carbocycles. The molecule has 0 radical (unpaired) electrons. The molecule has 3 heterocycles. The zero-order valence-electron chi connectivity index (χ0n) is 8.21. The SMILES string of the molecule is Nc1nc(Cc2nc3ncncc3[nH]2)cs1. The lowest BCUT2D eigenvalue weighted by Crippen LogP contribution is -1.91. The van der Waals surface area contributed by atoms with Gasteiger partial charge >= 0.3 is 0 Å². The van der Waals surface area contributed by atoms with Gasteiger partial charge in [-0.3, -0.25) is 0 Å². The highest BCUT2D eigenvalue weighted by molar-refractivity contribution is 7.13. The molecule has 6 nitrogen and oxygen atoms in total. The number of fused-ring (bicyclic) bond motifs is 1. The van der Waals surface area contributed by atoms with Crippen molar-refractivity contribution in [3.8, 4) is 0 Å². The maximum Gasteiger partial charge on any atom is 0.180 e. The molecular weight excluding hydrogens is 224 g/mol. The lowest BCUT2D eigenvalue weighted by molar-refractivity contribution is 1.000. The maximum absolute atomic E-state index is 5.56. The van der Waals surface area contributed by atoms with Crippen LogP contribution < -0.4 is 5.73 Å². The maximum atomic E-state index is 5.56. The van der Waals surface area contributed by atoms with Gasteiger partial charge in [0.15, 0.2) is 10.8 Å². The summed E-state index contributed by atoms with van der Waals surface area (Å²) in [5.41, 5.74) is 7.98. The smallest absolute Gasteiger partial charge is 0.180 e. The number of nitrogens with two attached hydrogens (primary N) is 1. The van der Waals surface area contributed by atoms with E-state index >= 15 is 0 Å². The zero-order valence-corrected chi connectivity index (χ0v) is 9.03. The number of hydrogen-bond acceptors (Lipinski definition) is 6. The van der Waals surface area contributed by atoms with Gasteiger partial charge in [-0.1, -0.05) is 0 Å². The molecule has 0 fully saturated rings. The van der Waals surface area contributed by atoms with Crippen molar-refractivity contribution in [2.45, 2.75) is 6.42 Å². The van der Waals surface area contributed by atoms with Crippen LogP contribution in [0.15, 0.2) is 17.9 Å². The number of nitrogen functional groups attached to an aromatic ring is 1. The van der Waals surface area contributed by atoms with E-state index in [0.717, 1.165) is 17.0 Å². The highest BCUT2D eigenvalue weighted by Gasteiger charge is 2.06. The quantitative estimate of drug-likeness (QED) is 0.687. The molecule has 0 atom stereocenters. The first-order chi connectivity index (χ1) is 7.81. The van der Waals surface area contributed by atoms with Gasteiger partial charge in [-0.15, -0.1) is 11.3 Å². The Balaban J connectivity index is 1.95. The van der Waals surface area contributed by atoms with Gasteiger partial charge in [0.1, 0.15) is 17.7 Å². The van der Waals surface area contributed by atoms with Gasteiger partial charge in [0.2, 0.25) is 0 Å². The molecule has 3 N–H and O–H groups in total. The van der Waals surface area contributed by atoms with E-state index in [-0.39, 0.29) is 0 Å². The first-order valence-electron chi connectivity index (χ1n) is 4.66. The van der Waals surface area contributed by atoms with Crippen LogP contribution in [0.1, 0.15) is 11.5 Å². The molecule has 7 heteroatoms. The molecule has 0 bridgehead atoms. The second-order valence-corrected chi connectivity index (χ2v) is 4.19. The lowest BCUT2D eigenvalue weighted by atomic mass is 10.3. The molecule has 0 saturated carbocycles. The Morgan fingerprint density at radius 2 is 2.31 bits per heavy atom. The third-order valence-corrected chi connectivity index (χ3v) is 2.85. The fourth-order valence-corrected chi connectivity index (χ4v) is 2.03. The molecule has 0 aliphatic heterocycles. The molecular formula is C9H8N6S. The molecule has 3 aromatic rings. The largest absolute Gasteiger partial charge is 0.375 e. The molecule has 3 aromatic heterocycles. The number of hydrogen-bond donors (Lipinski definition) is 2. The summed E-state index contributed by atoms with van der Waals surface area (Å²) in [5.74, 6) is 0.820. The number of aromatic nitrogens is 5. The summed E-state index contributed by atoms with van der Waals surface area (Å²) in [4.78, 5) is 19.6. The third kappa shape index (κ3) is 1.61. The van der Waals surface area contributed by atoms with Gasteiger partial charge < -0.3 is 10.7 Å². The van der Waals surface area contributed by atoms with Crippen LogP contribution in [-0.2, 0) is 6.42 Å². The van der Waals surface area contributed by atoms with Crippen LogP contribution in [0.4, 0.5) is 5.13 Å². The molecule has 0 aliphatic rings. The minimum absolute atomic E-state index is 0.575. The predicted molar refractivity (Wildman–Crippen MR) is 61.0 cm³/mol. The lowest BCUT2D eigenvalue weighted by Gasteiger charge is -1.89. The molecule has 16 heavy (non-hydrogen) atoms. The van der Waals surface area contributed by atoms with E-state index < -0.39 is 0 Å². The number of thiazole rings is 1. The number of nitrogens with one attached hydrogen (secondary N) is 1.